The van der Waals surface area contributed by atoms with Gasteiger partial charge in [-0.1, -0.05) is 66.2 Å². The molecule has 0 saturated carbocycles. The number of benzene rings is 3. The quantitative estimate of drug-likeness (QED) is 0.340. The molecule has 0 aliphatic carbocycles. The molecule has 0 amide bonds. The third-order valence-corrected chi connectivity index (χ3v) is 5.85. The lowest BCUT2D eigenvalue weighted by Gasteiger charge is -2.08. The minimum absolute atomic E-state index is 0.508. The van der Waals surface area contributed by atoms with Gasteiger partial charge in [0, 0.05) is 16.6 Å². The van der Waals surface area contributed by atoms with Gasteiger partial charge in [-0.25, -0.2) is 9.67 Å². The lowest BCUT2D eigenvalue weighted by atomic mass is 10.1. The van der Waals surface area contributed by atoms with Crippen molar-refractivity contribution in [2.45, 2.75) is 6.92 Å². The summed E-state index contributed by atoms with van der Waals surface area (Å²) in [6, 6.07) is 30.3. The molecule has 3 aromatic carbocycles. The molecule has 0 atom stereocenters. The third kappa shape index (κ3) is 3.78. The monoisotopic (exact) mass is 433 g/mol. The van der Waals surface area contributed by atoms with E-state index in [4.69, 9.17) is 10.1 Å². The van der Waals surface area contributed by atoms with Gasteiger partial charge in [0.25, 0.3) is 0 Å². The van der Waals surface area contributed by atoms with E-state index in [9.17, 15) is 5.26 Å². The van der Waals surface area contributed by atoms with Gasteiger partial charge in [-0.15, -0.1) is 11.3 Å². The number of anilines is 2. The van der Waals surface area contributed by atoms with Gasteiger partial charge in [0.1, 0.15) is 23.0 Å². The first-order chi connectivity index (χ1) is 15.7. The zero-order valence-electron chi connectivity index (χ0n) is 17.4. The summed E-state index contributed by atoms with van der Waals surface area (Å²) in [7, 11) is 0. The Morgan fingerprint density at radius 1 is 0.906 bits per heavy atom. The van der Waals surface area contributed by atoms with Crippen LogP contribution in [0.15, 0.2) is 90.3 Å². The van der Waals surface area contributed by atoms with E-state index < -0.39 is 0 Å². The molecule has 5 rings (SSSR count). The SMILES string of the molecule is Cc1ccc(-n2nc(-c3csc(Nc4ccccc4)n3)c(C#N)c2-c2ccccc2)cc1. The van der Waals surface area contributed by atoms with E-state index in [1.54, 1.807) is 0 Å². The van der Waals surface area contributed by atoms with Crippen LogP contribution < -0.4 is 5.32 Å². The van der Waals surface area contributed by atoms with Gasteiger partial charge in [-0.2, -0.15) is 10.4 Å². The Morgan fingerprint density at radius 2 is 1.59 bits per heavy atom. The Labute approximate surface area is 190 Å². The molecule has 2 aromatic heterocycles. The maximum Gasteiger partial charge on any atom is 0.187 e. The van der Waals surface area contributed by atoms with E-state index in [1.165, 1.54) is 16.9 Å². The van der Waals surface area contributed by atoms with Gasteiger partial charge in [-0.3, -0.25) is 0 Å². The van der Waals surface area contributed by atoms with Crippen LogP contribution in [0.4, 0.5) is 10.8 Å². The van der Waals surface area contributed by atoms with Crippen LogP contribution in [0.3, 0.4) is 0 Å². The van der Waals surface area contributed by atoms with Crippen molar-refractivity contribution in [2.24, 2.45) is 0 Å². The summed E-state index contributed by atoms with van der Waals surface area (Å²) in [5.74, 6) is 0. The van der Waals surface area contributed by atoms with Gasteiger partial charge in [0.15, 0.2) is 5.13 Å². The van der Waals surface area contributed by atoms with Crippen molar-refractivity contribution in [1.29, 1.82) is 5.26 Å². The molecule has 32 heavy (non-hydrogen) atoms. The lowest BCUT2D eigenvalue weighted by Crippen LogP contribution is -1.99. The minimum atomic E-state index is 0.508. The molecule has 0 fully saturated rings. The van der Waals surface area contributed by atoms with Crippen LogP contribution in [-0.2, 0) is 0 Å². The summed E-state index contributed by atoms with van der Waals surface area (Å²) in [5, 5.41) is 21.0. The molecule has 5 aromatic rings. The average Bonchev–Trinajstić information content (AvgIpc) is 3.45. The number of hydrogen-bond donors (Lipinski definition) is 1. The molecule has 5 nitrogen and oxygen atoms in total. The van der Waals surface area contributed by atoms with Crippen LogP contribution in [0, 0.1) is 18.3 Å². The maximum atomic E-state index is 10.1. The molecule has 0 spiro atoms. The maximum absolute atomic E-state index is 10.1. The first kappa shape index (κ1) is 19.7. The Balaban J connectivity index is 1.64. The second kappa shape index (κ2) is 8.50. The number of nitrogens with zero attached hydrogens (tertiary/aromatic N) is 4. The summed E-state index contributed by atoms with van der Waals surface area (Å²) < 4.78 is 1.84. The van der Waals surface area contributed by atoms with Crippen LogP contribution in [0.25, 0.3) is 28.3 Å². The fraction of sp³-hybridized carbons (Fsp3) is 0.0385. The van der Waals surface area contributed by atoms with Crippen molar-refractivity contribution >= 4 is 22.2 Å². The third-order valence-electron chi connectivity index (χ3n) is 5.09. The second-order valence-electron chi connectivity index (χ2n) is 7.33. The highest BCUT2D eigenvalue weighted by atomic mass is 32.1. The summed E-state index contributed by atoms with van der Waals surface area (Å²) in [6.45, 7) is 2.05. The predicted molar refractivity (Wildman–Crippen MR) is 129 cm³/mol. The highest BCUT2D eigenvalue weighted by Crippen LogP contribution is 2.35. The molecule has 1 N–H and O–H groups in total. The zero-order chi connectivity index (χ0) is 21.9. The zero-order valence-corrected chi connectivity index (χ0v) is 18.2. The number of para-hydroxylation sites is 1. The summed E-state index contributed by atoms with van der Waals surface area (Å²) in [4.78, 5) is 4.72. The number of hydrogen-bond acceptors (Lipinski definition) is 5. The Bertz CT molecular complexity index is 1390. The summed E-state index contributed by atoms with van der Waals surface area (Å²) in [6.07, 6.45) is 0. The van der Waals surface area contributed by atoms with Crippen LogP contribution in [-0.4, -0.2) is 14.8 Å². The molecule has 0 radical (unpaired) electrons. The molecule has 0 bridgehead atoms. The summed E-state index contributed by atoms with van der Waals surface area (Å²) in [5.41, 5.74) is 6.47. The summed E-state index contributed by atoms with van der Waals surface area (Å²) >= 11 is 1.49. The number of aryl methyl sites for hydroxylation is 1. The lowest BCUT2D eigenvalue weighted by molar-refractivity contribution is 0.890. The average molecular weight is 434 g/mol. The molecule has 0 aliphatic rings. The molecule has 6 heteroatoms. The Morgan fingerprint density at radius 3 is 2.28 bits per heavy atom. The smallest absolute Gasteiger partial charge is 0.187 e. The first-order valence-electron chi connectivity index (χ1n) is 10.2. The van der Waals surface area contributed by atoms with E-state index in [1.807, 2.05) is 102 Å². The van der Waals surface area contributed by atoms with E-state index in [2.05, 4.69) is 11.4 Å². The van der Waals surface area contributed by atoms with Crippen molar-refractivity contribution in [3.63, 3.8) is 0 Å². The Hall–Kier alpha value is -4.21. The fourth-order valence-electron chi connectivity index (χ4n) is 3.52. The molecule has 2 heterocycles. The van der Waals surface area contributed by atoms with Crippen molar-refractivity contribution in [2.75, 3.05) is 5.32 Å². The van der Waals surface area contributed by atoms with Crippen molar-refractivity contribution < 1.29 is 0 Å². The van der Waals surface area contributed by atoms with Crippen molar-refractivity contribution in [3.05, 3.63) is 101 Å². The van der Waals surface area contributed by atoms with Gasteiger partial charge in [0.05, 0.1) is 11.4 Å². The van der Waals surface area contributed by atoms with Crippen molar-refractivity contribution in [3.8, 4) is 34.4 Å². The van der Waals surface area contributed by atoms with Gasteiger partial charge in [0.2, 0.25) is 0 Å². The highest BCUT2D eigenvalue weighted by molar-refractivity contribution is 7.14. The minimum Gasteiger partial charge on any atom is -0.332 e. The second-order valence-corrected chi connectivity index (χ2v) is 8.18. The van der Waals surface area contributed by atoms with Gasteiger partial charge < -0.3 is 5.32 Å². The number of thiazole rings is 1. The number of aromatic nitrogens is 3. The highest BCUT2D eigenvalue weighted by Gasteiger charge is 2.23. The Kier molecular flexibility index (Phi) is 5.24. The van der Waals surface area contributed by atoms with E-state index >= 15 is 0 Å². The number of nitriles is 1. The molecule has 0 unspecified atom stereocenters. The van der Waals surface area contributed by atoms with Gasteiger partial charge in [-0.05, 0) is 31.2 Å². The van der Waals surface area contributed by atoms with Crippen LogP contribution in [0.2, 0.25) is 0 Å². The fourth-order valence-corrected chi connectivity index (χ4v) is 4.24. The topological polar surface area (TPSA) is 66.5 Å². The van der Waals surface area contributed by atoms with E-state index in [0.29, 0.717) is 17.0 Å². The van der Waals surface area contributed by atoms with Crippen LogP contribution >= 0.6 is 11.3 Å². The standard InChI is InChI=1S/C26H19N5S/c1-18-12-14-21(15-13-18)31-25(19-8-4-2-5-9-19)22(16-27)24(30-31)23-17-32-26(29-23)28-20-10-6-3-7-11-20/h2-15,17H,1H3,(H,28,29). The van der Waals surface area contributed by atoms with Crippen LogP contribution in [0.5, 0.6) is 0 Å². The number of rotatable bonds is 5. The van der Waals surface area contributed by atoms with Crippen LogP contribution in [0.1, 0.15) is 11.1 Å². The normalized spacial score (nSPS) is 10.6. The molecule has 154 valence electrons. The van der Waals surface area contributed by atoms with Crippen molar-refractivity contribution in [1.82, 2.24) is 14.8 Å². The largest absolute Gasteiger partial charge is 0.332 e. The van der Waals surface area contributed by atoms with Gasteiger partial charge >= 0.3 is 0 Å². The molecule has 0 saturated heterocycles. The number of nitrogens with one attached hydrogen (secondary N) is 1. The first-order valence-corrected chi connectivity index (χ1v) is 11.0. The van der Waals surface area contributed by atoms with E-state index in [0.717, 1.165) is 27.8 Å². The predicted octanol–water partition coefficient (Wildman–Crippen LogP) is 6.59. The molecular weight excluding hydrogens is 414 g/mol. The molecule has 0 aliphatic heterocycles. The van der Waals surface area contributed by atoms with E-state index in [-0.39, 0.29) is 0 Å². The molecular formula is C26H19N5S.